The molecule has 1 aliphatic heterocycles. The molecule has 81 heavy (non-hydrogen) atoms. The lowest BCUT2D eigenvalue weighted by Gasteiger charge is -2.40. The molecule has 0 bridgehead atoms. The predicted octanol–water partition coefficient (Wildman–Crippen LogP) is 17.9. The third-order valence-corrected chi connectivity index (χ3v) is 15.1. The van der Waals surface area contributed by atoms with Gasteiger partial charge in [0.2, 0.25) is 0 Å². The van der Waals surface area contributed by atoms with Crippen LogP contribution in [0.1, 0.15) is 303 Å². The van der Waals surface area contributed by atoms with E-state index in [2.05, 4.69) is 81.5 Å². The summed E-state index contributed by atoms with van der Waals surface area (Å²) in [6.07, 6.45) is 58.9. The van der Waals surface area contributed by atoms with Crippen molar-refractivity contribution in [1.82, 2.24) is 0 Å². The highest BCUT2D eigenvalue weighted by Crippen LogP contribution is 2.27. The van der Waals surface area contributed by atoms with E-state index >= 15 is 0 Å². The van der Waals surface area contributed by atoms with Crippen LogP contribution in [-0.4, -0.2) is 89.2 Å². The molecule has 1 aliphatic rings. The summed E-state index contributed by atoms with van der Waals surface area (Å²) in [5.74, 6) is -3.11. The number of ether oxygens (including phenoxy) is 5. The molecule has 1 saturated heterocycles. The molecule has 0 saturated carbocycles. The van der Waals surface area contributed by atoms with Crippen LogP contribution in [0.15, 0.2) is 60.8 Å². The number of hydrogen-bond donors (Lipinski definition) is 3. The molecule has 1 fully saturated rings. The topological polar surface area (TPSA) is 175 Å². The summed E-state index contributed by atoms with van der Waals surface area (Å²) in [7, 11) is 0. The van der Waals surface area contributed by atoms with Gasteiger partial charge in [0.25, 0.3) is 0 Å². The van der Waals surface area contributed by atoms with Gasteiger partial charge in [-0.05, 0) is 83.5 Å². The molecular formula is C69H120O12. The Kier molecular flexibility index (Phi) is 53.0. The minimum atomic E-state index is -1.90. The zero-order valence-electron chi connectivity index (χ0n) is 51.8. The molecule has 6 unspecified atom stereocenters. The van der Waals surface area contributed by atoms with Crippen LogP contribution >= 0.6 is 0 Å². The Morgan fingerprint density at radius 3 is 1.21 bits per heavy atom. The van der Waals surface area contributed by atoms with Gasteiger partial charge in [-0.3, -0.25) is 14.4 Å². The fraction of sp³-hybridized carbons (Fsp3) is 0.797. The molecule has 1 rings (SSSR count). The molecule has 0 aromatic heterocycles. The lowest BCUT2D eigenvalue weighted by atomic mass is 9.98. The third-order valence-electron chi connectivity index (χ3n) is 15.1. The van der Waals surface area contributed by atoms with Crippen LogP contribution in [0.3, 0.4) is 0 Å². The van der Waals surface area contributed by atoms with Gasteiger partial charge in [0.15, 0.2) is 24.6 Å². The number of carboxylic acids is 1. The number of hydrogen-bond acceptors (Lipinski definition) is 11. The summed E-state index contributed by atoms with van der Waals surface area (Å²) in [5, 5.41) is 31.6. The van der Waals surface area contributed by atoms with Crippen molar-refractivity contribution in [2.45, 2.75) is 340 Å². The van der Waals surface area contributed by atoms with Gasteiger partial charge in [-0.25, -0.2) is 4.79 Å². The lowest BCUT2D eigenvalue weighted by Crippen LogP contribution is -2.61. The van der Waals surface area contributed by atoms with Gasteiger partial charge in [0, 0.05) is 19.3 Å². The summed E-state index contributed by atoms with van der Waals surface area (Å²) >= 11 is 0. The van der Waals surface area contributed by atoms with E-state index < -0.39 is 67.3 Å². The molecule has 0 amide bonds. The largest absolute Gasteiger partial charge is 0.479 e. The minimum Gasteiger partial charge on any atom is -0.479 e. The van der Waals surface area contributed by atoms with E-state index in [-0.39, 0.29) is 25.9 Å². The molecule has 12 heteroatoms. The lowest BCUT2D eigenvalue weighted by molar-refractivity contribution is -0.301. The van der Waals surface area contributed by atoms with Gasteiger partial charge in [0.1, 0.15) is 18.8 Å². The summed E-state index contributed by atoms with van der Waals surface area (Å²) in [6, 6.07) is 0. The molecule has 468 valence electrons. The number of esters is 3. The molecule has 0 aromatic carbocycles. The number of carbonyl (C=O) groups is 4. The van der Waals surface area contributed by atoms with E-state index in [1.165, 1.54) is 122 Å². The Bertz CT molecular complexity index is 1640. The second-order valence-electron chi connectivity index (χ2n) is 22.7. The predicted molar refractivity (Wildman–Crippen MR) is 331 cm³/mol. The zero-order valence-corrected chi connectivity index (χ0v) is 51.8. The number of carboxylic acid groups (broad SMARTS) is 1. The van der Waals surface area contributed by atoms with E-state index in [1.54, 1.807) is 0 Å². The van der Waals surface area contributed by atoms with Crippen molar-refractivity contribution in [3.63, 3.8) is 0 Å². The molecule has 0 spiro atoms. The second-order valence-corrected chi connectivity index (χ2v) is 22.7. The normalized spacial score (nSPS) is 18.1. The van der Waals surface area contributed by atoms with Crippen molar-refractivity contribution < 1.29 is 58.2 Å². The number of rotatable bonds is 57. The molecule has 1 heterocycles. The highest BCUT2D eigenvalue weighted by atomic mass is 16.7. The van der Waals surface area contributed by atoms with Gasteiger partial charge in [-0.1, -0.05) is 261 Å². The first-order chi connectivity index (χ1) is 39.6. The minimum absolute atomic E-state index is 0.0623. The first-order valence-electron chi connectivity index (χ1n) is 33.3. The van der Waals surface area contributed by atoms with E-state index in [9.17, 15) is 34.5 Å². The SMILES string of the molecule is CC/C=C\C/C=C\C/C=C\CCCCCCCCCC(=O)OC(COC(=O)CCCCCCCCCCC/C=C\C/C=C\CCCCC)COC1OC(C(=O)O)C(O)C(O)C1OC(=O)CCCCCCCCCCCCCCCCC. The zero-order chi connectivity index (χ0) is 58.9. The summed E-state index contributed by atoms with van der Waals surface area (Å²) in [6.45, 7) is 5.89. The molecule has 12 nitrogen and oxygen atoms in total. The van der Waals surface area contributed by atoms with E-state index in [1.807, 2.05) is 0 Å². The molecule has 0 radical (unpaired) electrons. The number of allylic oxidation sites excluding steroid dienone is 10. The van der Waals surface area contributed by atoms with Crippen LogP contribution in [0.5, 0.6) is 0 Å². The van der Waals surface area contributed by atoms with Crippen LogP contribution in [-0.2, 0) is 42.9 Å². The van der Waals surface area contributed by atoms with Crippen molar-refractivity contribution >= 4 is 23.9 Å². The van der Waals surface area contributed by atoms with Crippen LogP contribution in [0, 0.1) is 0 Å². The highest BCUT2D eigenvalue weighted by Gasteiger charge is 2.50. The number of unbranched alkanes of at least 4 members (excludes halogenated alkanes) is 33. The molecule has 3 N–H and O–H groups in total. The van der Waals surface area contributed by atoms with Crippen LogP contribution in [0.25, 0.3) is 0 Å². The molecule has 0 aromatic rings. The molecule has 0 aliphatic carbocycles. The van der Waals surface area contributed by atoms with Crippen molar-refractivity contribution in [3.05, 3.63) is 60.8 Å². The van der Waals surface area contributed by atoms with Crippen LogP contribution in [0.4, 0.5) is 0 Å². The Morgan fingerprint density at radius 1 is 0.420 bits per heavy atom. The quantitative estimate of drug-likeness (QED) is 0.0228. The third kappa shape index (κ3) is 46.5. The Labute approximate surface area is 494 Å². The maximum Gasteiger partial charge on any atom is 0.335 e. The fourth-order valence-corrected chi connectivity index (χ4v) is 10.0. The summed E-state index contributed by atoms with van der Waals surface area (Å²) in [4.78, 5) is 51.4. The maximum absolute atomic E-state index is 13.2. The van der Waals surface area contributed by atoms with Crippen molar-refractivity contribution in [2.24, 2.45) is 0 Å². The monoisotopic (exact) mass is 1140 g/mol. The van der Waals surface area contributed by atoms with E-state index in [0.29, 0.717) is 19.3 Å². The summed E-state index contributed by atoms with van der Waals surface area (Å²) < 4.78 is 28.6. The van der Waals surface area contributed by atoms with Crippen molar-refractivity contribution in [1.29, 1.82) is 0 Å². The fourth-order valence-electron chi connectivity index (χ4n) is 10.0. The van der Waals surface area contributed by atoms with Gasteiger partial charge in [-0.2, -0.15) is 0 Å². The Morgan fingerprint density at radius 2 is 0.778 bits per heavy atom. The van der Waals surface area contributed by atoms with Crippen LogP contribution < -0.4 is 0 Å². The second kappa shape index (κ2) is 56.9. The summed E-state index contributed by atoms with van der Waals surface area (Å²) in [5.41, 5.74) is 0. The Hall–Kier alpha value is -3.58. The average molecular weight is 1140 g/mol. The maximum atomic E-state index is 13.2. The standard InChI is InChI=1S/C69H120O12/c1-4-7-10-13-16-19-22-25-28-30-31-33-35-37-40-43-46-49-52-55-61(70)77-58-60(79-62(71)56-53-50-47-44-41-39-36-32-29-26-23-20-17-14-11-8-5-2)59-78-69-67(65(74)64(73)66(81-69)68(75)76)80-63(72)57-54-51-48-45-42-38-34-27-24-21-18-15-12-9-6-3/h8,11,16-17,19-20,25-26,28-29,60,64-67,69,73-74H,4-7,9-10,12-15,18,21-24,27,30-59H2,1-3H3,(H,75,76)/b11-8-,19-16-,20-17-,28-25-,29-26-. The van der Waals surface area contributed by atoms with Crippen LogP contribution in [0.2, 0.25) is 0 Å². The number of aliphatic hydroxyl groups excluding tert-OH is 2. The van der Waals surface area contributed by atoms with Gasteiger partial charge in [0.05, 0.1) is 6.61 Å². The van der Waals surface area contributed by atoms with Gasteiger partial charge >= 0.3 is 23.9 Å². The molecular weight excluding hydrogens is 1020 g/mol. The number of aliphatic carboxylic acids is 1. The van der Waals surface area contributed by atoms with Crippen molar-refractivity contribution in [2.75, 3.05) is 13.2 Å². The first-order valence-corrected chi connectivity index (χ1v) is 33.3. The van der Waals surface area contributed by atoms with Gasteiger partial charge in [-0.15, -0.1) is 0 Å². The first kappa shape index (κ1) is 75.4. The van der Waals surface area contributed by atoms with Gasteiger partial charge < -0.3 is 39.0 Å². The molecule has 6 atom stereocenters. The number of aliphatic hydroxyl groups is 2. The average Bonchev–Trinajstić information content (AvgIpc) is 3.52. The van der Waals surface area contributed by atoms with Crippen molar-refractivity contribution in [3.8, 4) is 0 Å². The van der Waals surface area contributed by atoms with E-state index in [0.717, 1.165) is 122 Å². The smallest absolute Gasteiger partial charge is 0.335 e. The van der Waals surface area contributed by atoms with E-state index in [4.69, 9.17) is 23.7 Å². The highest BCUT2D eigenvalue weighted by molar-refractivity contribution is 5.74. The number of carbonyl (C=O) groups excluding carboxylic acids is 3. The Balaban J connectivity index is 2.65.